The van der Waals surface area contributed by atoms with Gasteiger partial charge in [-0.05, 0) is 12.1 Å². The smallest absolute Gasteiger partial charge is 0.435 e. The van der Waals surface area contributed by atoms with Crippen LogP contribution in [0, 0.1) is 11.6 Å². The Labute approximate surface area is 117 Å². The van der Waals surface area contributed by atoms with E-state index >= 15 is 0 Å². The molecule has 2 aromatic rings. The lowest BCUT2D eigenvalue weighted by atomic mass is 10.3. The molecule has 0 amide bonds. The number of hydrogen-bond donors (Lipinski definition) is 2. The van der Waals surface area contributed by atoms with Crippen molar-refractivity contribution in [3.8, 4) is 0 Å². The summed E-state index contributed by atoms with van der Waals surface area (Å²) in [5.74, 6) is -4.11. The van der Waals surface area contributed by atoms with Crippen molar-refractivity contribution in [1.82, 2.24) is 4.98 Å². The van der Waals surface area contributed by atoms with Gasteiger partial charge in [0, 0.05) is 11.8 Å². The van der Waals surface area contributed by atoms with Gasteiger partial charge in [-0.1, -0.05) is 11.3 Å². The molecule has 0 aliphatic rings. The van der Waals surface area contributed by atoms with E-state index in [1.54, 1.807) is 0 Å². The highest BCUT2D eigenvalue weighted by Crippen LogP contribution is 2.37. The summed E-state index contributed by atoms with van der Waals surface area (Å²) in [6.07, 6.45) is -4.93. The van der Waals surface area contributed by atoms with Gasteiger partial charge in [0.15, 0.2) is 22.5 Å². The van der Waals surface area contributed by atoms with E-state index in [2.05, 4.69) is 10.3 Å². The van der Waals surface area contributed by atoms with E-state index in [9.17, 15) is 26.7 Å². The third-order valence-corrected chi connectivity index (χ3v) is 3.22. The SMILES string of the molecule is O=C(O)c1sc(Nc2ccc(F)c(F)c2)nc1C(F)(F)F. The first-order valence-corrected chi connectivity index (χ1v) is 6.03. The van der Waals surface area contributed by atoms with Gasteiger partial charge >= 0.3 is 12.1 Å². The van der Waals surface area contributed by atoms with Crippen LogP contribution >= 0.6 is 11.3 Å². The zero-order chi connectivity index (χ0) is 15.8. The summed E-state index contributed by atoms with van der Waals surface area (Å²) in [5, 5.41) is 10.6. The van der Waals surface area contributed by atoms with Gasteiger partial charge in [-0.25, -0.2) is 18.6 Å². The number of carboxylic acid groups (broad SMARTS) is 1. The summed E-state index contributed by atoms with van der Waals surface area (Å²) in [5.41, 5.74) is -1.61. The second-order valence-corrected chi connectivity index (χ2v) is 4.75. The summed E-state index contributed by atoms with van der Waals surface area (Å²) in [4.78, 5) is 12.9. The summed E-state index contributed by atoms with van der Waals surface area (Å²) < 4.78 is 63.6. The minimum absolute atomic E-state index is 0.0617. The molecule has 2 rings (SSSR count). The molecule has 0 unspecified atom stereocenters. The van der Waals surface area contributed by atoms with Gasteiger partial charge in [0.2, 0.25) is 0 Å². The van der Waals surface area contributed by atoms with E-state index < -0.39 is 39.5 Å². The third-order valence-electron chi connectivity index (χ3n) is 2.26. The number of carboxylic acids is 1. The summed E-state index contributed by atoms with van der Waals surface area (Å²) in [6.45, 7) is 0. The van der Waals surface area contributed by atoms with Crippen molar-refractivity contribution >= 4 is 28.1 Å². The lowest BCUT2D eigenvalue weighted by molar-refractivity contribution is -0.141. The Balaban J connectivity index is 2.37. The quantitative estimate of drug-likeness (QED) is 0.841. The Kier molecular flexibility index (Phi) is 3.81. The number of anilines is 2. The number of nitrogens with zero attached hydrogens (tertiary/aromatic N) is 1. The molecule has 0 fully saturated rings. The zero-order valence-corrected chi connectivity index (χ0v) is 10.6. The lowest BCUT2D eigenvalue weighted by Gasteiger charge is -2.03. The third kappa shape index (κ3) is 3.27. The molecule has 0 radical (unpaired) electrons. The second kappa shape index (κ2) is 5.28. The number of hydrogen-bond acceptors (Lipinski definition) is 4. The highest BCUT2D eigenvalue weighted by atomic mass is 32.1. The standard InChI is InChI=1S/C11H5F5N2O2S/c12-5-2-1-4(3-6(5)13)17-10-18-8(11(14,15)16)7(21-10)9(19)20/h1-3H,(H,17,18)(H,19,20). The minimum Gasteiger partial charge on any atom is -0.477 e. The first-order chi connectivity index (χ1) is 9.68. The fourth-order valence-electron chi connectivity index (χ4n) is 1.41. The van der Waals surface area contributed by atoms with Crippen LogP contribution in [-0.4, -0.2) is 16.1 Å². The van der Waals surface area contributed by atoms with Crippen molar-refractivity contribution in [2.75, 3.05) is 5.32 Å². The number of halogens is 5. The van der Waals surface area contributed by atoms with Crippen molar-refractivity contribution < 1.29 is 31.9 Å². The Bertz CT molecular complexity index is 698. The predicted molar refractivity (Wildman–Crippen MR) is 63.7 cm³/mol. The molecule has 0 spiro atoms. The molecule has 0 atom stereocenters. The van der Waals surface area contributed by atoms with Gasteiger partial charge in [-0.15, -0.1) is 0 Å². The predicted octanol–water partition coefficient (Wildman–Crippen LogP) is 3.88. The number of thiazole rings is 1. The van der Waals surface area contributed by atoms with Gasteiger partial charge in [0.25, 0.3) is 0 Å². The number of benzene rings is 1. The molecule has 4 nitrogen and oxygen atoms in total. The van der Waals surface area contributed by atoms with Gasteiger partial charge in [0.05, 0.1) is 0 Å². The van der Waals surface area contributed by atoms with Gasteiger partial charge in [0.1, 0.15) is 4.88 Å². The van der Waals surface area contributed by atoms with E-state index in [1.165, 1.54) is 0 Å². The maximum Gasteiger partial charge on any atom is 0.435 e. The molecule has 21 heavy (non-hydrogen) atoms. The van der Waals surface area contributed by atoms with E-state index in [4.69, 9.17) is 5.11 Å². The maximum absolute atomic E-state index is 13.0. The van der Waals surface area contributed by atoms with Gasteiger partial charge < -0.3 is 10.4 Å². The minimum atomic E-state index is -4.93. The van der Waals surface area contributed by atoms with Crippen LogP contribution in [-0.2, 0) is 6.18 Å². The van der Waals surface area contributed by atoms with Crippen molar-refractivity contribution in [1.29, 1.82) is 0 Å². The monoisotopic (exact) mass is 324 g/mol. The molecule has 0 saturated heterocycles. The number of alkyl halides is 3. The Morgan fingerprint density at radius 1 is 1.24 bits per heavy atom. The summed E-state index contributed by atoms with van der Waals surface area (Å²) in [7, 11) is 0. The van der Waals surface area contributed by atoms with Crippen LogP contribution in [0.3, 0.4) is 0 Å². The van der Waals surface area contributed by atoms with E-state index in [0.29, 0.717) is 6.07 Å². The maximum atomic E-state index is 13.0. The fraction of sp³-hybridized carbons (Fsp3) is 0.0909. The van der Waals surface area contributed by atoms with Crippen molar-refractivity contribution in [2.45, 2.75) is 6.18 Å². The highest BCUT2D eigenvalue weighted by Gasteiger charge is 2.39. The second-order valence-electron chi connectivity index (χ2n) is 3.75. The number of aromatic carboxylic acids is 1. The number of aromatic nitrogens is 1. The van der Waals surface area contributed by atoms with Crippen molar-refractivity contribution in [3.63, 3.8) is 0 Å². The molecule has 1 aromatic carbocycles. The topological polar surface area (TPSA) is 62.2 Å². The van der Waals surface area contributed by atoms with Crippen LogP contribution < -0.4 is 5.32 Å². The van der Waals surface area contributed by atoms with Crippen LogP contribution in [0.25, 0.3) is 0 Å². The van der Waals surface area contributed by atoms with E-state index in [-0.39, 0.29) is 17.0 Å². The van der Waals surface area contributed by atoms with E-state index in [0.717, 1.165) is 12.1 Å². The first-order valence-electron chi connectivity index (χ1n) is 5.22. The zero-order valence-electron chi connectivity index (χ0n) is 9.83. The molecule has 112 valence electrons. The highest BCUT2D eigenvalue weighted by molar-refractivity contribution is 7.17. The molecule has 10 heteroatoms. The Morgan fingerprint density at radius 2 is 1.90 bits per heavy atom. The van der Waals surface area contributed by atoms with Crippen molar-refractivity contribution in [2.24, 2.45) is 0 Å². The molecule has 0 saturated carbocycles. The first kappa shape index (κ1) is 15.2. The molecule has 1 aromatic heterocycles. The van der Waals surface area contributed by atoms with E-state index in [1.807, 2.05) is 0 Å². The molecular formula is C11H5F5N2O2S. The van der Waals surface area contributed by atoms with Crippen LogP contribution in [0.2, 0.25) is 0 Å². The van der Waals surface area contributed by atoms with Gasteiger partial charge in [-0.3, -0.25) is 0 Å². The van der Waals surface area contributed by atoms with Crippen LogP contribution in [0.5, 0.6) is 0 Å². The average molecular weight is 324 g/mol. The Hall–Kier alpha value is -2.23. The summed E-state index contributed by atoms with van der Waals surface area (Å²) >= 11 is 0.241. The molecule has 2 N–H and O–H groups in total. The molecule has 0 aliphatic carbocycles. The fourth-order valence-corrected chi connectivity index (χ4v) is 2.25. The normalized spacial score (nSPS) is 11.5. The van der Waals surface area contributed by atoms with Gasteiger partial charge in [-0.2, -0.15) is 13.2 Å². The molecule has 0 aliphatic heterocycles. The molecule has 1 heterocycles. The largest absolute Gasteiger partial charge is 0.477 e. The average Bonchev–Trinajstić information content (AvgIpc) is 2.78. The Morgan fingerprint density at radius 3 is 2.38 bits per heavy atom. The number of carbonyl (C=O) groups is 1. The summed E-state index contributed by atoms with van der Waals surface area (Å²) in [6, 6.07) is 2.56. The number of rotatable bonds is 3. The number of nitrogens with one attached hydrogen (secondary N) is 1. The van der Waals surface area contributed by atoms with Crippen LogP contribution in [0.15, 0.2) is 18.2 Å². The molecular weight excluding hydrogens is 319 g/mol. The lowest BCUT2D eigenvalue weighted by Crippen LogP contribution is -2.11. The molecule has 0 bridgehead atoms. The van der Waals surface area contributed by atoms with Crippen LogP contribution in [0.1, 0.15) is 15.4 Å². The van der Waals surface area contributed by atoms with Crippen molar-refractivity contribution in [3.05, 3.63) is 40.4 Å². The van der Waals surface area contributed by atoms with Crippen LogP contribution in [0.4, 0.5) is 32.8 Å².